The lowest BCUT2D eigenvalue weighted by molar-refractivity contribution is -0.161. The second kappa shape index (κ2) is 59.8. The molecule has 0 aromatic heterocycles. The van der Waals surface area contributed by atoms with Gasteiger partial charge in [-0.05, 0) is 49.4 Å². The number of aliphatic hydroxyl groups excluding tert-OH is 1. The quantitative estimate of drug-likeness (QED) is 0.0222. The first kappa shape index (κ1) is 87.1. The van der Waals surface area contributed by atoms with Gasteiger partial charge in [0.25, 0.3) is 0 Å². The fraction of sp³-hybridized carbons (Fsp3) is 0.943. The van der Waals surface area contributed by atoms with Crippen LogP contribution in [0.1, 0.15) is 344 Å². The first-order chi connectivity index (χ1) is 42.6. The van der Waals surface area contributed by atoms with Crippen molar-refractivity contribution in [3.05, 3.63) is 0 Å². The molecule has 17 nitrogen and oxygen atoms in total. The molecule has 89 heavy (non-hydrogen) atoms. The molecule has 528 valence electrons. The number of hydrogen-bond donors (Lipinski definition) is 3. The summed E-state index contributed by atoms with van der Waals surface area (Å²) >= 11 is 0. The molecule has 3 unspecified atom stereocenters. The maximum Gasteiger partial charge on any atom is 0.472 e. The molecule has 0 spiro atoms. The summed E-state index contributed by atoms with van der Waals surface area (Å²) in [4.78, 5) is 72.4. The van der Waals surface area contributed by atoms with Crippen LogP contribution in [-0.4, -0.2) is 96.7 Å². The zero-order valence-corrected chi connectivity index (χ0v) is 59.8. The molecule has 0 aromatic carbocycles. The van der Waals surface area contributed by atoms with Gasteiger partial charge in [-0.3, -0.25) is 37.3 Å². The lowest BCUT2D eigenvalue weighted by atomic mass is 10.0. The van der Waals surface area contributed by atoms with E-state index >= 15 is 0 Å². The Balaban J connectivity index is 5.18. The number of carbonyl (C=O) groups excluding carboxylic acids is 4. The van der Waals surface area contributed by atoms with E-state index in [0.29, 0.717) is 37.5 Å². The van der Waals surface area contributed by atoms with Crippen molar-refractivity contribution in [2.24, 2.45) is 23.7 Å². The Morgan fingerprint density at radius 1 is 0.281 bits per heavy atom. The Labute approximate surface area is 543 Å². The molecule has 0 aliphatic heterocycles. The number of unbranched alkanes of at least 4 members (excludes halogenated alkanes) is 33. The fourth-order valence-corrected chi connectivity index (χ4v) is 12.1. The third-order valence-corrected chi connectivity index (χ3v) is 18.0. The van der Waals surface area contributed by atoms with Crippen molar-refractivity contribution in [3.8, 4) is 0 Å². The molecule has 0 amide bonds. The molecule has 5 atom stereocenters. The van der Waals surface area contributed by atoms with Gasteiger partial charge in [-0.2, -0.15) is 0 Å². The van der Waals surface area contributed by atoms with Crippen molar-refractivity contribution in [1.82, 2.24) is 0 Å². The van der Waals surface area contributed by atoms with Gasteiger partial charge in [-0.15, -0.1) is 0 Å². The molecule has 3 N–H and O–H groups in total. The van der Waals surface area contributed by atoms with Gasteiger partial charge in [-0.1, -0.05) is 293 Å². The van der Waals surface area contributed by atoms with E-state index in [-0.39, 0.29) is 25.7 Å². The Morgan fingerprint density at radius 3 is 0.697 bits per heavy atom. The molecule has 0 aliphatic rings. The second-order valence-corrected chi connectivity index (χ2v) is 30.1. The Bertz CT molecular complexity index is 1760. The average Bonchev–Trinajstić information content (AvgIpc) is 3.69. The molecule has 0 heterocycles. The standard InChI is InChI=1S/C70H136O17P2/c1-60(2)46-38-30-22-17-15-13-11-9-10-12-14-16-18-25-36-44-52-69(74)86-66(57-81-68(73)51-43-35-29-28-33-41-49-63(7)8)59-85-89(78,79)83-55-64(71)54-82-88(76,77)84-58-65(56-80-67(72)50-42-34-27-21-24-32-40-48-62(5)6)87-70(75)53-45-37-26-20-19-23-31-39-47-61(3)4/h60-66,71H,9-59H2,1-8H3,(H,76,77)(H,78,79)/t64?,65-,66-/m1/s1. The lowest BCUT2D eigenvalue weighted by Crippen LogP contribution is -2.30. The SMILES string of the molecule is CC(C)CCCCCCCCCCCCCCCCCCC(=O)O[C@H](COC(=O)CCCCCCCCC(C)C)COP(=O)(O)OCC(O)COP(=O)(O)OC[C@@H](COC(=O)CCCCCCCCCC(C)C)OC(=O)CCCCCCCCCCC(C)C. The summed E-state index contributed by atoms with van der Waals surface area (Å²) in [5, 5.41) is 10.6. The van der Waals surface area contributed by atoms with Gasteiger partial charge < -0.3 is 33.8 Å². The summed E-state index contributed by atoms with van der Waals surface area (Å²) in [5.74, 6) is 0.778. The summed E-state index contributed by atoms with van der Waals surface area (Å²) in [6, 6.07) is 0. The third-order valence-electron chi connectivity index (χ3n) is 16.1. The van der Waals surface area contributed by atoms with Crippen molar-refractivity contribution < 1.29 is 80.2 Å². The highest BCUT2D eigenvalue weighted by Gasteiger charge is 2.30. The van der Waals surface area contributed by atoms with Crippen LogP contribution in [0.2, 0.25) is 0 Å². The van der Waals surface area contributed by atoms with Crippen LogP contribution in [-0.2, 0) is 65.4 Å². The first-order valence-corrected chi connectivity index (χ1v) is 39.2. The molecule has 0 bridgehead atoms. The van der Waals surface area contributed by atoms with Gasteiger partial charge in [0.05, 0.1) is 26.4 Å². The zero-order chi connectivity index (χ0) is 66.1. The number of aliphatic hydroxyl groups is 1. The number of ether oxygens (including phenoxy) is 4. The molecule has 0 radical (unpaired) electrons. The number of rotatable bonds is 67. The molecule has 0 rings (SSSR count). The zero-order valence-electron chi connectivity index (χ0n) is 58.1. The van der Waals surface area contributed by atoms with Crippen molar-refractivity contribution in [2.45, 2.75) is 363 Å². The predicted octanol–water partition coefficient (Wildman–Crippen LogP) is 19.7. The Hall–Kier alpha value is -1.94. The summed E-state index contributed by atoms with van der Waals surface area (Å²) in [6.07, 6.45) is 42.1. The molecular formula is C70H136O17P2. The van der Waals surface area contributed by atoms with E-state index in [1.165, 1.54) is 135 Å². The molecule has 0 aliphatic carbocycles. The summed E-state index contributed by atoms with van der Waals surface area (Å²) in [5.41, 5.74) is 0. The predicted molar refractivity (Wildman–Crippen MR) is 358 cm³/mol. The Morgan fingerprint density at radius 2 is 0.472 bits per heavy atom. The average molecular weight is 1310 g/mol. The largest absolute Gasteiger partial charge is 0.472 e. The highest BCUT2D eigenvalue weighted by atomic mass is 31.2. The summed E-state index contributed by atoms with van der Waals surface area (Å²) in [7, 11) is -9.90. The first-order valence-electron chi connectivity index (χ1n) is 36.2. The van der Waals surface area contributed by atoms with Crippen LogP contribution in [0.5, 0.6) is 0 Å². The van der Waals surface area contributed by atoms with Crippen molar-refractivity contribution in [2.75, 3.05) is 39.6 Å². The molecule has 0 fully saturated rings. The van der Waals surface area contributed by atoms with Crippen molar-refractivity contribution in [1.29, 1.82) is 0 Å². The number of carbonyl (C=O) groups is 4. The molecule has 0 saturated carbocycles. The minimum absolute atomic E-state index is 0.103. The monoisotopic (exact) mass is 1310 g/mol. The minimum Gasteiger partial charge on any atom is -0.462 e. The number of hydrogen-bond acceptors (Lipinski definition) is 15. The van der Waals surface area contributed by atoms with E-state index in [0.717, 1.165) is 115 Å². The number of phosphoric acid groups is 2. The molecule has 0 aromatic rings. The van der Waals surface area contributed by atoms with Gasteiger partial charge in [0.1, 0.15) is 19.3 Å². The summed E-state index contributed by atoms with van der Waals surface area (Å²) < 4.78 is 68.2. The van der Waals surface area contributed by atoms with Crippen LogP contribution in [0.3, 0.4) is 0 Å². The highest BCUT2D eigenvalue weighted by Crippen LogP contribution is 2.45. The maximum absolute atomic E-state index is 13.0. The van der Waals surface area contributed by atoms with Crippen LogP contribution in [0, 0.1) is 23.7 Å². The maximum atomic E-state index is 13.0. The number of phosphoric ester groups is 2. The topological polar surface area (TPSA) is 237 Å². The third kappa shape index (κ3) is 64.6. The normalized spacial score (nSPS) is 14.3. The second-order valence-electron chi connectivity index (χ2n) is 27.2. The van der Waals surface area contributed by atoms with E-state index in [9.17, 15) is 43.2 Å². The van der Waals surface area contributed by atoms with E-state index in [2.05, 4.69) is 55.4 Å². The van der Waals surface area contributed by atoms with Gasteiger partial charge in [0, 0.05) is 25.7 Å². The van der Waals surface area contributed by atoms with Crippen molar-refractivity contribution >= 4 is 39.5 Å². The molecule has 19 heteroatoms. The van der Waals surface area contributed by atoms with E-state index in [1.54, 1.807) is 0 Å². The smallest absolute Gasteiger partial charge is 0.462 e. The van der Waals surface area contributed by atoms with Gasteiger partial charge in [-0.25, -0.2) is 9.13 Å². The highest BCUT2D eigenvalue weighted by molar-refractivity contribution is 7.47. The number of esters is 4. The Kier molecular flexibility index (Phi) is 58.5. The van der Waals surface area contributed by atoms with Gasteiger partial charge in [0.2, 0.25) is 0 Å². The minimum atomic E-state index is -4.95. The van der Waals surface area contributed by atoms with E-state index < -0.39 is 97.5 Å². The molecule has 0 saturated heterocycles. The fourth-order valence-electron chi connectivity index (χ4n) is 10.5. The van der Waals surface area contributed by atoms with E-state index in [4.69, 9.17) is 37.0 Å². The van der Waals surface area contributed by atoms with Crippen LogP contribution in [0.4, 0.5) is 0 Å². The van der Waals surface area contributed by atoms with Gasteiger partial charge >= 0.3 is 39.5 Å². The van der Waals surface area contributed by atoms with Crippen LogP contribution in [0.25, 0.3) is 0 Å². The lowest BCUT2D eigenvalue weighted by Gasteiger charge is -2.21. The summed E-state index contributed by atoms with van der Waals surface area (Å²) in [6.45, 7) is 14.0. The van der Waals surface area contributed by atoms with Crippen LogP contribution in [0.15, 0.2) is 0 Å². The van der Waals surface area contributed by atoms with Crippen LogP contribution >= 0.6 is 15.6 Å². The van der Waals surface area contributed by atoms with E-state index in [1.807, 2.05) is 0 Å². The van der Waals surface area contributed by atoms with Crippen molar-refractivity contribution in [3.63, 3.8) is 0 Å². The van der Waals surface area contributed by atoms with Gasteiger partial charge in [0.15, 0.2) is 12.2 Å². The van der Waals surface area contributed by atoms with Crippen LogP contribution < -0.4 is 0 Å². The molecular weight excluding hydrogens is 1170 g/mol.